The van der Waals surface area contributed by atoms with Gasteiger partial charge in [0.1, 0.15) is 23.9 Å². The number of nitrogens with one attached hydrogen (secondary N) is 1. The van der Waals surface area contributed by atoms with Crippen LogP contribution < -0.4 is 5.32 Å². The first kappa shape index (κ1) is 36.8. The second-order valence-electron chi connectivity index (χ2n) is 15.6. The molecule has 1 heterocycles. The molecule has 2 saturated carbocycles. The Bertz CT molecular complexity index is 1740. The second-order valence-corrected chi connectivity index (χ2v) is 15.6. The van der Waals surface area contributed by atoms with E-state index in [0.717, 1.165) is 0 Å². The Balaban J connectivity index is 1.48. The number of carbonyl (C=O) groups is 4. The minimum atomic E-state index is -2.12. The summed E-state index contributed by atoms with van der Waals surface area (Å²) in [4.78, 5) is 54.5. The second kappa shape index (κ2) is 12.9. The lowest BCUT2D eigenvalue weighted by Gasteiger charge is -2.68. The Morgan fingerprint density at radius 1 is 0.961 bits per heavy atom. The number of carbonyl (C=O) groups excluding carboxylic acids is 4. The van der Waals surface area contributed by atoms with Gasteiger partial charge in [0.05, 0.1) is 35.8 Å². The van der Waals surface area contributed by atoms with Crippen LogP contribution >= 0.6 is 0 Å². The van der Waals surface area contributed by atoms with E-state index in [9.17, 15) is 39.6 Å². The molecule has 0 aromatic heterocycles. The van der Waals surface area contributed by atoms with Gasteiger partial charge in [-0.15, -0.1) is 0 Å². The first-order valence-electron chi connectivity index (χ1n) is 17.3. The van der Waals surface area contributed by atoms with Crippen molar-refractivity contribution in [3.63, 3.8) is 0 Å². The zero-order valence-electron chi connectivity index (χ0n) is 29.7. The Morgan fingerprint density at radius 2 is 1.57 bits per heavy atom. The summed E-state index contributed by atoms with van der Waals surface area (Å²) in [6.45, 7) is 9.64. The molecule has 2 aromatic rings. The molecule has 51 heavy (non-hydrogen) atoms. The van der Waals surface area contributed by atoms with Crippen LogP contribution in [0.5, 0.6) is 0 Å². The van der Waals surface area contributed by atoms with E-state index in [1.807, 2.05) is 6.92 Å². The number of hydrogen-bond donors (Lipinski definition) is 5. The van der Waals surface area contributed by atoms with Crippen LogP contribution in [0, 0.1) is 22.2 Å². The van der Waals surface area contributed by atoms with Crippen molar-refractivity contribution in [3.8, 4) is 0 Å². The van der Waals surface area contributed by atoms with E-state index in [1.54, 1.807) is 88.4 Å². The highest BCUT2D eigenvalue weighted by atomic mass is 16.6. The predicted molar refractivity (Wildman–Crippen MR) is 182 cm³/mol. The number of ketones is 1. The fraction of sp³-hybridized carbons (Fsp3) is 0.538. The van der Waals surface area contributed by atoms with Gasteiger partial charge in [0.2, 0.25) is 5.91 Å². The van der Waals surface area contributed by atoms with Crippen molar-refractivity contribution in [1.82, 2.24) is 5.32 Å². The minimum Gasteiger partial charge on any atom is -0.456 e. The van der Waals surface area contributed by atoms with Crippen LogP contribution in [0.15, 0.2) is 71.8 Å². The Hall–Kier alpha value is -3.94. The van der Waals surface area contributed by atoms with Gasteiger partial charge in [-0.25, -0.2) is 9.59 Å². The quantitative estimate of drug-likeness (QED) is 0.210. The number of hydrogen-bond acceptors (Lipinski definition) is 11. The van der Waals surface area contributed by atoms with Crippen molar-refractivity contribution in [2.24, 2.45) is 22.2 Å². The zero-order chi connectivity index (χ0) is 37.3. The van der Waals surface area contributed by atoms with Crippen molar-refractivity contribution in [3.05, 3.63) is 82.9 Å². The molecule has 3 aliphatic carbocycles. The summed E-state index contributed by atoms with van der Waals surface area (Å²) in [6, 6.07) is 15.4. The van der Waals surface area contributed by atoms with Gasteiger partial charge in [-0.1, -0.05) is 69.3 Å². The third kappa shape index (κ3) is 5.63. The molecule has 5 N–H and O–H groups in total. The average molecular weight is 706 g/mol. The van der Waals surface area contributed by atoms with Crippen LogP contribution in [0.4, 0.5) is 0 Å². The molecule has 2 aromatic carbocycles. The van der Waals surface area contributed by atoms with E-state index in [4.69, 9.17) is 14.2 Å². The maximum absolute atomic E-state index is 14.7. The number of benzene rings is 2. The van der Waals surface area contributed by atoms with Crippen LogP contribution in [-0.2, 0) is 28.6 Å². The third-order valence-electron chi connectivity index (χ3n) is 12.4. The molecular formula is C39H47NO11. The molecular weight excluding hydrogens is 658 g/mol. The first-order valence-corrected chi connectivity index (χ1v) is 17.3. The number of ether oxygens (including phenoxy) is 3. The number of rotatable bonds is 7. The van der Waals surface area contributed by atoms with E-state index in [0.29, 0.717) is 5.56 Å². The molecule has 1 amide bonds. The van der Waals surface area contributed by atoms with E-state index < -0.39 is 94.1 Å². The molecule has 12 heteroatoms. The molecule has 274 valence electrons. The van der Waals surface area contributed by atoms with Crippen LogP contribution in [0.1, 0.15) is 76.3 Å². The van der Waals surface area contributed by atoms with Crippen LogP contribution in [-0.4, -0.2) is 92.9 Å². The molecule has 11 atom stereocenters. The lowest BCUT2D eigenvalue weighted by molar-refractivity contribution is -0.313. The lowest BCUT2D eigenvalue weighted by atomic mass is 9.42. The number of aliphatic hydroxyl groups excluding tert-OH is 3. The smallest absolute Gasteiger partial charge is 0.338 e. The summed E-state index contributed by atoms with van der Waals surface area (Å²) in [5.41, 5.74) is -5.21. The van der Waals surface area contributed by atoms with Gasteiger partial charge in [0, 0.05) is 36.5 Å². The highest BCUT2D eigenvalue weighted by molar-refractivity contribution is 5.94. The molecule has 3 fully saturated rings. The van der Waals surface area contributed by atoms with E-state index in [2.05, 4.69) is 5.32 Å². The highest BCUT2D eigenvalue weighted by Gasteiger charge is 2.75. The molecule has 6 rings (SSSR count). The molecule has 4 aliphatic rings. The zero-order valence-corrected chi connectivity index (χ0v) is 29.7. The van der Waals surface area contributed by atoms with Gasteiger partial charge < -0.3 is 40.0 Å². The van der Waals surface area contributed by atoms with Crippen molar-refractivity contribution in [2.75, 3.05) is 6.61 Å². The van der Waals surface area contributed by atoms with Crippen molar-refractivity contribution < 1.29 is 53.8 Å². The van der Waals surface area contributed by atoms with Gasteiger partial charge >= 0.3 is 11.9 Å². The Labute approximate surface area is 296 Å². The van der Waals surface area contributed by atoms with Crippen molar-refractivity contribution >= 4 is 23.6 Å². The van der Waals surface area contributed by atoms with Crippen molar-refractivity contribution in [2.45, 2.75) is 103 Å². The monoisotopic (exact) mass is 705 g/mol. The molecule has 12 nitrogen and oxygen atoms in total. The molecule has 1 saturated heterocycles. The van der Waals surface area contributed by atoms with Gasteiger partial charge in [0.25, 0.3) is 0 Å². The highest BCUT2D eigenvalue weighted by Crippen LogP contribution is 2.65. The average Bonchev–Trinajstić information content (AvgIpc) is 3.09. The first-order chi connectivity index (χ1) is 23.9. The standard InChI is InChI=1S/C39H47NO11/c1-20-24(50-35(47)30(44)28(40-21(2)41)22-13-9-7-10-14-22)18-39(48)33(51-34(46)23-15-11-8-12-16-23)31-37(5)19-49-26(37)17-25(42)38(31,6)32(45)29(43)27(20)36(39,3)4/h7-16,24-26,28-31,33,42-44,48H,17-19H2,1-6H3,(H,40,41)/t24-,25-,26?,28-,29+,30+,31?,33-,37+,38?,39+/m0/s1. The molecule has 2 bridgehead atoms. The molecule has 0 spiro atoms. The Morgan fingerprint density at radius 3 is 2.14 bits per heavy atom. The largest absolute Gasteiger partial charge is 0.456 e. The van der Waals surface area contributed by atoms with Gasteiger partial charge in [-0.05, 0) is 42.7 Å². The summed E-state index contributed by atoms with van der Waals surface area (Å²) in [7, 11) is 0. The summed E-state index contributed by atoms with van der Waals surface area (Å²) in [5, 5.41) is 50.9. The normalized spacial score (nSPS) is 36.5. The van der Waals surface area contributed by atoms with E-state index in [1.165, 1.54) is 6.92 Å². The van der Waals surface area contributed by atoms with Gasteiger partial charge in [0.15, 0.2) is 11.9 Å². The fourth-order valence-electron chi connectivity index (χ4n) is 9.35. The van der Waals surface area contributed by atoms with Gasteiger partial charge in [-0.3, -0.25) is 9.59 Å². The lowest BCUT2D eigenvalue weighted by Crippen LogP contribution is -2.77. The summed E-state index contributed by atoms with van der Waals surface area (Å²) in [5.74, 6) is -4.19. The summed E-state index contributed by atoms with van der Waals surface area (Å²) >= 11 is 0. The number of aliphatic hydroxyl groups is 4. The number of esters is 2. The van der Waals surface area contributed by atoms with Crippen LogP contribution in [0.3, 0.4) is 0 Å². The third-order valence-corrected chi connectivity index (χ3v) is 12.4. The summed E-state index contributed by atoms with van der Waals surface area (Å²) in [6.07, 6.45) is -8.65. The van der Waals surface area contributed by atoms with Gasteiger partial charge in [-0.2, -0.15) is 0 Å². The number of amides is 1. The predicted octanol–water partition coefficient (Wildman–Crippen LogP) is 2.58. The van der Waals surface area contributed by atoms with E-state index in [-0.39, 0.29) is 36.2 Å². The van der Waals surface area contributed by atoms with Crippen molar-refractivity contribution in [1.29, 1.82) is 0 Å². The Kier molecular flexibility index (Phi) is 9.34. The maximum Gasteiger partial charge on any atom is 0.338 e. The SMILES string of the molecule is CC(=O)N[C@@H](c1ccccc1)[C@@H](O)C(=O)O[C@H]1C[C@@]2(O)[C@@H](OC(=O)c3ccccc3)C3C(C)(C(=O)[C@H](O)C(=C1C)C2(C)C)[C@@H](O)CC1OC[C@]13C. The van der Waals surface area contributed by atoms with E-state index >= 15 is 0 Å². The topological polar surface area (TPSA) is 189 Å². The number of Topliss-reactive ketones (excluding diaryl/α,β-unsaturated/α-hetero) is 1. The number of fused-ring (bicyclic) bond motifs is 5. The summed E-state index contributed by atoms with van der Waals surface area (Å²) < 4.78 is 18.2. The fourth-order valence-corrected chi connectivity index (χ4v) is 9.35. The van der Waals surface area contributed by atoms with Crippen LogP contribution in [0.25, 0.3) is 0 Å². The minimum absolute atomic E-state index is 0.0554. The van der Waals surface area contributed by atoms with Crippen LogP contribution in [0.2, 0.25) is 0 Å². The molecule has 3 unspecified atom stereocenters. The maximum atomic E-state index is 14.7. The molecule has 1 aliphatic heterocycles. The molecule has 0 radical (unpaired) electrons.